The number of nitrogens with zero attached hydrogens (tertiary/aromatic N) is 2. The summed E-state index contributed by atoms with van der Waals surface area (Å²) in [5.41, 5.74) is 6.49. The molecule has 0 aromatic heterocycles. The summed E-state index contributed by atoms with van der Waals surface area (Å²) >= 11 is 1.10. The van der Waals surface area contributed by atoms with Crippen LogP contribution < -0.4 is 10.5 Å². The van der Waals surface area contributed by atoms with E-state index >= 15 is 0 Å². The third-order valence-corrected chi connectivity index (χ3v) is 6.16. The van der Waals surface area contributed by atoms with Gasteiger partial charge in [0.2, 0.25) is 0 Å². The molecule has 1 spiro atoms. The van der Waals surface area contributed by atoms with Crippen LogP contribution in [0.25, 0.3) is 0 Å². The fourth-order valence-electron chi connectivity index (χ4n) is 3.43. The van der Waals surface area contributed by atoms with E-state index in [4.69, 9.17) is 10.5 Å². The van der Waals surface area contributed by atoms with Crippen molar-refractivity contribution in [2.75, 3.05) is 13.2 Å². The molecule has 0 radical (unpaired) electrons. The number of hydrogen-bond acceptors (Lipinski definition) is 5. The minimum atomic E-state index is -3.25. The van der Waals surface area contributed by atoms with Crippen molar-refractivity contribution in [2.24, 2.45) is 16.8 Å². The van der Waals surface area contributed by atoms with Gasteiger partial charge in [0.1, 0.15) is 10.8 Å². The second-order valence-corrected chi connectivity index (χ2v) is 7.71. The first-order chi connectivity index (χ1) is 13.3. The van der Waals surface area contributed by atoms with Gasteiger partial charge in [-0.15, -0.1) is 0 Å². The van der Waals surface area contributed by atoms with E-state index in [0.717, 1.165) is 22.8 Å². The molecule has 2 aliphatic rings. The van der Waals surface area contributed by atoms with Crippen LogP contribution in [0.15, 0.2) is 53.4 Å². The van der Waals surface area contributed by atoms with Crippen LogP contribution in [0.1, 0.15) is 18.9 Å². The quantitative estimate of drug-likeness (QED) is 0.749. The average molecular weight is 411 g/mol. The molecule has 2 atom stereocenters. The van der Waals surface area contributed by atoms with Crippen molar-refractivity contribution >= 4 is 22.7 Å². The molecular weight excluding hydrogens is 391 g/mol. The summed E-state index contributed by atoms with van der Waals surface area (Å²) < 4.78 is 46.0. The number of carbonyl (C=O) groups is 1. The molecule has 5 nitrogen and oxygen atoms in total. The zero-order valence-electron chi connectivity index (χ0n) is 15.2. The van der Waals surface area contributed by atoms with Crippen LogP contribution >= 0.6 is 11.8 Å². The summed E-state index contributed by atoms with van der Waals surface area (Å²) in [5, 5.41) is 5.16. The number of ether oxygens (including phenoxy) is 1. The molecular formula is C19H20F3N3O2S. The van der Waals surface area contributed by atoms with Gasteiger partial charge in [0.15, 0.2) is 4.87 Å². The number of para-hydroxylation sites is 1. The van der Waals surface area contributed by atoms with Gasteiger partial charge in [-0.1, -0.05) is 36.5 Å². The van der Waals surface area contributed by atoms with Crippen LogP contribution in [-0.4, -0.2) is 35.5 Å². The monoisotopic (exact) mass is 411 g/mol. The van der Waals surface area contributed by atoms with E-state index in [2.05, 4.69) is 11.7 Å². The highest BCUT2D eigenvalue weighted by molar-refractivity contribution is 8.15. The number of thioether (sulfide) groups is 1. The van der Waals surface area contributed by atoms with E-state index in [0.29, 0.717) is 17.7 Å². The van der Waals surface area contributed by atoms with Crippen molar-refractivity contribution in [3.05, 3.63) is 53.9 Å². The van der Waals surface area contributed by atoms with Gasteiger partial charge in [0.05, 0.1) is 12.4 Å². The highest BCUT2D eigenvalue weighted by atomic mass is 32.2. The van der Waals surface area contributed by atoms with Crippen molar-refractivity contribution in [1.82, 2.24) is 5.01 Å². The molecule has 1 unspecified atom stereocenters. The molecule has 9 heteroatoms. The van der Waals surface area contributed by atoms with E-state index in [-0.39, 0.29) is 23.8 Å². The zero-order valence-corrected chi connectivity index (χ0v) is 16.0. The summed E-state index contributed by atoms with van der Waals surface area (Å²) in [4.78, 5) is 11.2. The Bertz CT molecular complexity index is 855. The Hall–Kier alpha value is -2.26. The Morgan fingerprint density at radius 2 is 2.25 bits per heavy atom. The third-order valence-electron chi connectivity index (χ3n) is 4.58. The second kappa shape index (κ2) is 8.00. The van der Waals surface area contributed by atoms with E-state index in [1.165, 1.54) is 6.92 Å². The first-order valence-electron chi connectivity index (χ1n) is 8.66. The van der Waals surface area contributed by atoms with Crippen LogP contribution in [0.3, 0.4) is 0 Å². The number of allylic oxidation sites excluding steroid dienone is 2. The van der Waals surface area contributed by atoms with Gasteiger partial charge in [0.25, 0.3) is 0 Å². The number of benzene rings is 1. The highest BCUT2D eigenvalue weighted by Crippen LogP contribution is 2.57. The smallest absolute Gasteiger partial charge is 0.317 e. The maximum Gasteiger partial charge on any atom is 0.317 e. The molecule has 2 aliphatic heterocycles. The number of hydrazone groups is 1. The molecule has 3 rings (SSSR count). The van der Waals surface area contributed by atoms with Gasteiger partial charge in [0, 0.05) is 17.1 Å². The molecule has 150 valence electrons. The first kappa shape index (κ1) is 20.5. The summed E-state index contributed by atoms with van der Waals surface area (Å²) in [7, 11) is 0. The predicted octanol–water partition coefficient (Wildman–Crippen LogP) is 3.78. The summed E-state index contributed by atoms with van der Waals surface area (Å²) in [6.07, 6.45) is -1.68. The van der Waals surface area contributed by atoms with E-state index in [1.807, 2.05) is 0 Å². The SMILES string of the molecule is C=C(/C=C(\C)F)C1=NN(C(=O)C(F)F)C2(S1)c1ccccc1OC[C@@H]2CCN. The minimum Gasteiger partial charge on any atom is -0.493 e. The second-order valence-electron chi connectivity index (χ2n) is 6.49. The lowest BCUT2D eigenvalue weighted by atomic mass is 9.86. The Morgan fingerprint density at radius 3 is 2.89 bits per heavy atom. The van der Waals surface area contributed by atoms with Gasteiger partial charge >= 0.3 is 12.3 Å². The molecule has 1 aromatic rings. The molecule has 1 amide bonds. The Balaban J connectivity index is 2.18. The molecule has 2 N–H and O–H groups in total. The first-order valence-corrected chi connectivity index (χ1v) is 9.48. The van der Waals surface area contributed by atoms with Crippen molar-refractivity contribution in [3.8, 4) is 5.75 Å². The number of alkyl halides is 2. The van der Waals surface area contributed by atoms with Crippen molar-refractivity contribution in [2.45, 2.75) is 24.6 Å². The Labute approximate surface area is 165 Å². The van der Waals surface area contributed by atoms with E-state index in [1.54, 1.807) is 24.3 Å². The number of amides is 1. The van der Waals surface area contributed by atoms with E-state index < -0.39 is 28.9 Å². The number of carbonyl (C=O) groups excluding carboxylic acids is 1. The molecule has 0 fully saturated rings. The van der Waals surface area contributed by atoms with Crippen molar-refractivity contribution in [3.63, 3.8) is 0 Å². The van der Waals surface area contributed by atoms with Crippen LogP contribution in [0.5, 0.6) is 5.75 Å². The number of fused-ring (bicyclic) bond motifs is 2. The molecule has 0 aliphatic carbocycles. The topological polar surface area (TPSA) is 67.9 Å². The maximum atomic E-state index is 13.4. The van der Waals surface area contributed by atoms with Crippen LogP contribution in [-0.2, 0) is 9.67 Å². The lowest BCUT2D eigenvalue weighted by Gasteiger charge is -2.45. The fourth-order valence-corrected chi connectivity index (χ4v) is 4.89. The number of nitrogens with two attached hydrogens (primary N) is 1. The van der Waals surface area contributed by atoms with Gasteiger partial charge in [-0.2, -0.15) is 13.9 Å². The summed E-state index contributed by atoms with van der Waals surface area (Å²) in [5.74, 6) is -1.86. The lowest BCUT2D eigenvalue weighted by Crippen LogP contribution is -2.52. The third kappa shape index (κ3) is 3.44. The van der Waals surface area contributed by atoms with Gasteiger partial charge in [-0.05, 0) is 32.0 Å². The van der Waals surface area contributed by atoms with Gasteiger partial charge < -0.3 is 10.5 Å². The number of rotatable bonds is 5. The molecule has 0 saturated carbocycles. The summed E-state index contributed by atoms with van der Waals surface area (Å²) in [6.45, 7) is 5.47. The molecule has 28 heavy (non-hydrogen) atoms. The Morgan fingerprint density at radius 1 is 1.54 bits per heavy atom. The molecule has 1 aromatic carbocycles. The maximum absolute atomic E-state index is 13.4. The standard InChI is InChI=1S/C19H20F3N3O2S/c1-11(9-12(2)20)17-24-25(18(26)16(21)22)19(28-17)13(7-8-23)10-27-15-6-4-3-5-14(15)19/h3-6,9,13,16H,1,7-8,10,23H2,2H3/b12-9+/t13-,19?/m0/s1. The number of hydrogen-bond donors (Lipinski definition) is 1. The average Bonchev–Trinajstić information content (AvgIpc) is 3.04. The van der Waals surface area contributed by atoms with Crippen LogP contribution in [0, 0.1) is 5.92 Å². The molecule has 0 saturated heterocycles. The van der Waals surface area contributed by atoms with Crippen molar-refractivity contribution < 1.29 is 22.7 Å². The normalized spacial score (nSPS) is 24.2. The van der Waals surface area contributed by atoms with Gasteiger partial charge in [-0.3, -0.25) is 4.79 Å². The largest absolute Gasteiger partial charge is 0.493 e. The minimum absolute atomic E-state index is 0.182. The summed E-state index contributed by atoms with van der Waals surface area (Å²) in [6, 6.07) is 6.91. The molecule has 0 bridgehead atoms. The van der Waals surface area contributed by atoms with Crippen LogP contribution in [0.4, 0.5) is 13.2 Å². The predicted molar refractivity (Wildman–Crippen MR) is 103 cm³/mol. The lowest BCUT2D eigenvalue weighted by molar-refractivity contribution is -0.149. The van der Waals surface area contributed by atoms with Gasteiger partial charge in [-0.25, -0.2) is 9.40 Å². The van der Waals surface area contributed by atoms with Crippen LogP contribution in [0.2, 0.25) is 0 Å². The zero-order chi connectivity index (χ0) is 20.5. The van der Waals surface area contributed by atoms with Crippen molar-refractivity contribution in [1.29, 1.82) is 0 Å². The molecule has 2 heterocycles. The highest BCUT2D eigenvalue weighted by Gasteiger charge is 2.57. The Kier molecular flexibility index (Phi) is 5.85. The number of halogens is 3. The fraction of sp³-hybridized carbons (Fsp3) is 0.368. The van der Waals surface area contributed by atoms with E-state index in [9.17, 15) is 18.0 Å².